The number of carbonyl (C=O) groups is 1. The van der Waals surface area contributed by atoms with E-state index >= 15 is 0 Å². The molecule has 0 saturated carbocycles. The molecule has 0 unspecified atom stereocenters. The maximum absolute atomic E-state index is 11.7. The maximum atomic E-state index is 11.7. The van der Waals surface area contributed by atoms with Crippen molar-refractivity contribution in [2.24, 2.45) is 0 Å². The van der Waals surface area contributed by atoms with Gasteiger partial charge in [0.25, 0.3) is 5.91 Å². The lowest BCUT2D eigenvalue weighted by Crippen LogP contribution is -2.33. The minimum Gasteiger partial charge on any atom is -0.469 e. The Morgan fingerprint density at radius 1 is 1.65 bits per heavy atom. The van der Waals surface area contributed by atoms with Gasteiger partial charge in [-0.05, 0) is 25.5 Å². The van der Waals surface area contributed by atoms with Gasteiger partial charge in [-0.3, -0.25) is 4.79 Å². The van der Waals surface area contributed by atoms with E-state index in [2.05, 4.69) is 10.3 Å². The first kappa shape index (κ1) is 11.9. The number of nitrogens with zero attached hydrogens (tertiary/aromatic N) is 1. The molecule has 0 aromatic carbocycles. The first-order valence-corrected chi connectivity index (χ1v) is 6.41. The predicted octanol–water partition coefficient (Wildman–Crippen LogP) is 2.49. The molecule has 0 spiro atoms. The molecule has 1 atom stereocenters. The third-order valence-electron chi connectivity index (χ3n) is 2.45. The van der Waals surface area contributed by atoms with Crippen LogP contribution in [0.25, 0.3) is 0 Å². The third-order valence-corrected chi connectivity index (χ3v) is 3.03. The molecule has 0 fully saturated rings. The van der Waals surface area contributed by atoms with Crippen molar-refractivity contribution in [1.82, 2.24) is 10.3 Å². The molecule has 2 aromatic rings. The van der Waals surface area contributed by atoms with Crippen LogP contribution in [0.1, 0.15) is 29.6 Å². The van der Waals surface area contributed by atoms with E-state index in [0.717, 1.165) is 18.6 Å². The van der Waals surface area contributed by atoms with Crippen LogP contribution in [0.4, 0.5) is 0 Å². The van der Waals surface area contributed by atoms with E-state index in [9.17, 15) is 4.79 Å². The summed E-state index contributed by atoms with van der Waals surface area (Å²) >= 11 is 1.42. The van der Waals surface area contributed by atoms with Crippen molar-refractivity contribution in [2.75, 3.05) is 0 Å². The second-order valence-electron chi connectivity index (χ2n) is 3.87. The van der Waals surface area contributed by atoms with Gasteiger partial charge in [-0.2, -0.15) is 0 Å². The van der Waals surface area contributed by atoms with E-state index in [1.807, 2.05) is 19.1 Å². The largest absolute Gasteiger partial charge is 0.469 e. The molecule has 1 N–H and O–H groups in total. The number of thiazole rings is 1. The molecule has 90 valence electrons. The van der Waals surface area contributed by atoms with Gasteiger partial charge in [0, 0.05) is 17.8 Å². The van der Waals surface area contributed by atoms with Crippen LogP contribution in [0.3, 0.4) is 0 Å². The van der Waals surface area contributed by atoms with Crippen LogP contribution in [0.2, 0.25) is 0 Å². The molecule has 0 aliphatic heterocycles. The first-order valence-electron chi connectivity index (χ1n) is 5.47. The van der Waals surface area contributed by atoms with E-state index in [0.29, 0.717) is 5.69 Å². The molecule has 0 bridgehead atoms. The standard InChI is InChI=1S/C12H14N2O2S/c1-9(4-5-10-3-2-6-16-10)14-12(15)11-7-17-8-13-11/h2-3,6-9H,4-5H2,1H3,(H,14,15)/t9-/m0/s1. The monoisotopic (exact) mass is 250 g/mol. The number of carbonyl (C=O) groups excluding carboxylic acids is 1. The number of hydrogen-bond donors (Lipinski definition) is 1. The SMILES string of the molecule is C[C@@H](CCc1ccco1)NC(=O)c1cscn1. The minimum atomic E-state index is -0.113. The molecule has 2 heterocycles. The second-order valence-corrected chi connectivity index (χ2v) is 4.58. The summed E-state index contributed by atoms with van der Waals surface area (Å²) in [7, 11) is 0. The molecular formula is C12H14N2O2S. The fourth-order valence-electron chi connectivity index (χ4n) is 1.51. The molecule has 2 aromatic heterocycles. The zero-order valence-electron chi connectivity index (χ0n) is 9.55. The van der Waals surface area contributed by atoms with Crippen molar-refractivity contribution in [2.45, 2.75) is 25.8 Å². The van der Waals surface area contributed by atoms with Gasteiger partial charge in [0.15, 0.2) is 0 Å². The summed E-state index contributed by atoms with van der Waals surface area (Å²) in [4.78, 5) is 15.7. The van der Waals surface area contributed by atoms with Crippen molar-refractivity contribution >= 4 is 17.2 Å². The zero-order chi connectivity index (χ0) is 12.1. The Bertz CT molecular complexity index is 451. The minimum absolute atomic E-state index is 0.106. The highest BCUT2D eigenvalue weighted by atomic mass is 32.1. The van der Waals surface area contributed by atoms with Crippen molar-refractivity contribution in [1.29, 1.82) is 0 Å². The topological polar surface area (TPSA) is 55.1 Å². The van der Waals surface area contributed by atoms with Gasteiger partial charge in [-0.25, -0.2) is 4.98 Å². The lowest BCUT2D eigenvalue weighted by molar-refractivity contribution is 0.0934. The molecule has 4 nitrogen and oxygen atoms in total. The average Bonchev–Trinajstić information content (AvgIpc) is 2.99. The summed E-state index contributed by atoms with van der Waals surface area (Å²) in [6, 6.07) is 3.91. The number of hydrogen-bond acceptors (Lipinski definition) is 4. The number of aryl methyl sites for hydroxylation is 1. The molecule has 0 aliphatic rings. The van der Waals surface area contributed by atoms with Gasteiger partial charge in [-0.15, -0.1) is 11.3 Å². The summed E-state index contributed by atoms with van der Waals surface area (Å²) in [6.45, 7) is 1.98. The summed E-state index contributed by atoms with van der Waals surface area (Å²) in [5.41, 5.74) is 2.14. The lowest BCUT2D eigenvalue weighted by Gasteiger charge is -2.11. The highest BCUT2D eigenvalue weighted by molar-refractivity contribution is 7.07. The molecule has 1 amide bonds. The Morgan fingerprint density at radius 3 is 3.18 bits per heavy atom. The number of rotatable bonds is 5. The number of amides is 1. The molecule has 0 radical (unpaired) electrons. The fourth-order valence-corrected chi connectivity index (χ4v) is 2.04. The smallest absolute Gasteiger partial charge is 0.270 e. The first-order chi connectivity index (χ1) is 8.25. The van der Waals surface area contributed by atoms with E-state index < -0.39 is 0 Å². The number of furan rings is 1. The Balaban J connectivity index is 1.77. The van der Waals surface area contributed by atoms with E-state index in [1.54, 1.807) is 17.2 Å². The summed E-state index contributed by atoms with van der Waals surface area (Å²) in [6.07, 6.45) is 3.34. The highest BCUT2D eigenvalue weighted by Crippen LogP contribution is 2.07. The van der Waals surface area contributed by atoms with Crippen molar-refractivity contribution in [3.05, 3.63) is 40.7 Å². The number of aromatic nitrogens is 1. The van der Waals surface area contributed by atoms with Crippen molar-refractivity contribution < 1.29 is 9.21 Å². The molecule has 17 heavy (non-hydrogen) atoms. The molecule has 0 aliphatic carbocycles. The van der Waals surface area contributed by atoms with E-state index in [1.165, 1.54) is 11.3 Å². The second kappa shape index (κ2) is 5.63. The predicted molar refractivity (Wildman–Crippen MR) is 66.1 cm³/mol. The molecule has 5 heteroatoms. The number of nitrogens with one attached hydrogen (secondary N) is 1. The fraction of sp³-hybridized carbons (Fsp3) is 0.333. The van der Waals surface area contributed by atoms with Crippen molar-refractivity contribution in [3.8, 4) is 0 Å². The van der Waals surface area contributed by atoms with Crippen molar-refractivity contribution in [3.63, 3.8) is 0 Å². The summed E-state index contributed by atoms with van der Waals surface area (Å²) in [5, 5.41) is 4.65. The average molecular weight is 250 g/mol. The van der Waals surface area contributed by atoms with Gasteiger partial charge >= 0.3 is 0 Å². The molecular weight excluding hydrogens is 236 g/mol. The van der Waals surface area contributed by atoms with Crippen LogP contribution in [-0.2, 0) is 6.42 Å². The van der Waals surface area contributed by atoms with Gasteiger partial charge in [0.2, 0.25) is 0 Å². The van der Waals surface area contributed by atoms with Crippen LogP contribution >= 0.6 is 11.3 Å². The highest BCUT2D eigenvalue weighted by Gasteiger charge is 2.11. The lowest BCUT2D eigenvalue weighted by atomic mass is 10.1. The Hall–Kier alpha value is -1.62. The summed E-state index contributed by atoms with van der Waals surface area (Å²) < 4.78 is 5.24. The molecule has 2 rings (SSSR count). The Kier molecular flexibility index (Phi) is 3.93. The zero-order valence-corrected chi connectivity index (χ0v) is 10.4. The van der Waals surface area contributed by atoms with Crippen LogP contribution in [0.15, 0.2) is 33.7 Å². The summed E-state index contributed by atoms with van der Waals surface area (Å²) in [5.74, 6) is 0.831. The van der Waals surface area contributed by atoms with Crippen LogP contribution in [0.5, 0.6) is 0 Å². The van der Waals surface area contributed by atoms with E-state index in [4.69, 9.17) is 4.42 Å². The normalized spacial score (nSPS) is 12.3. The van der Waals surface area contributed by atoms with Crippen LogP contribution in [0, 0.1) is 0 Å². The Morgan fingerprint density at radius 2 is 2.53 bits per heavy atom. The van der Waals surface area contributed by atoms with Gasteiger partial charge in [0.05, 0.1) is 11.8 Å². The van der Waals surface area contributed by atoms with Gasteiger partial charge < -0.3 is 9.73 Å². The van der Waals surface area contributed by atoms with E-state index in [-0.39, 0.29) is 11.9 Å². The van der Waals surface area contributed by atoms with Gasteiger partial charge in [0.1, 0.15) is 11.5 Å². The van der Waals surface area contributed by atoms with Gasteiger partial charge in [-0.1, -0.05) is 0 Å². The maximum Gasteiger partial charge on any atom is 0.270 e. The molecule has 0 saturated heterocycles. The third kappa shape index (κ3) is 3.42. The quantitative estimate of drug-likeness (QED) is 0.887. The van der Waals surface area contributed by atoms with Crippen LogP contribution < -0.4 is 5.32 Å². The Labute approximate surface area is 104 Å². The van der Waals surface area contributed by atoms with Crippen LogP contribution in [-0.4, -0.2) is 16.9 Å².